The van der Waals surface area contributed by atoms with Crippen LogP contribution in [0.5, 0.6) is 0 Å². The lowest BCUT2D eigenvalue weighted by atomic mass is 10.2. The first-order valence-corrected chi connectivity index (χ1v) is 5.97. The first-order valence-electron chi connectivity index (χ1n) is 5.97. The minimum atomic E-state index is -0.609. The number of nitro benzene ring substituents is 1. The van der Waals surface area contributed by atoms with Crippen molar-refractivity contribution in [3.63, 3.8) is 0 Å². The molecule has 98 valence electrons. The minimum absolute atomic E-state index is 0.202. The smallest absolute Gasteiger partial charge is 0.272 e. The maximum atomic E-state index is 13.1. The molecule has 0 heterocycles. The summed E-state index contributed by atoms with van der Waals surface area (Å²) in [6, 6.07) is 3.51. The molecule has 0 amide bonds. The minimum Gasteiger partial charge on any atom is -0.298 e. The largest absolute Gasteiger partial charge is 0.298 e. The van der Waals surface area contributed by atoms with Gasteiger partial charge in [0.15, 0.2) is 0 Å². The number of nitro groups is 1. The van der Waals surface area contributed by atoms with Gasteiger partial charge in [0.1, 0.15) is 5.82 Å². The second-order valence-electron chi connectivity index (χ2n) is 4.42. The quantitative estimate of drug-likeness (QED) is 0.648. The number of hydrogen-bond donors (Lipinski definition) is 1. The number of non-ortho nitro benzene ring substituents is 1. The molecule has 6 heteroatoms. The maximum absolute atomic E-state index is 13.1. The number of nitrogens with zero attached hydrogens (tertiary/aromatic N) is 1. The van der Waals surface area contributed by atoms with Crippen LogP contribution in [0.3, 0.4) is 0 Å². The lowest BCUT2D eigenvalue weighted by Gasteiger charge is -2.11. The number of hydroxylamine groups is 1. The highest BCUT2D eigenvalue weighted by Crippen LogP contribution is 2.20. The van der Waals surface area contributed by atoms with Gasteiger partial charge in [-0.1, -0.05) is 12.8 Å². The summed E-state index contributed by atoms with van der Waals surface area (Å²) in [4.78, 5) is 15.4. The molecule has 1 fully saturated rings. The van der Waals surface area contributed by atoms with E-state index in [0.29, 0.717) is 5.56 Å². The van der Waals surface area contributed by atoms with Crippen molar-refractivity contribution in [2.24, 2.45) is 0 Å². The third-order valence-corrected chi connectivity index (χ3v) is 2.98. The first-order chi connectivity index (χ1) is 8.65. The van der Waals surface area contributed by atoms with E-state index in [4.69, 9.17) is 4.84 Å². The van der Waals surface area contributed by atoms with Gasteiger partial charge in [0.05, 0.1) is 17.1 Å². The van der Waals surface area contributed by atoms with Gasteiger partial charge in [0, 0.05) is 12.6 Å². The molecular weight excluding hydrogens is 239 g/mol. The van der Waals surface area contributed by atoms with Gasteiger partial charge in [-0.2, -0.15) is 5.48 Å². The number of nitrogens with one attached hydrogen (secondary N) is 1. The van der Waals surface area contributed by atoms with Gasteiger partial charge >= 0.3 is 0 Å². The van der Waals surface area contributed by atoms with Gasteiger partial charge in [-0.15, -0.1) is 0 Å². The molecule has 5 nitrogen and oxygen atoms in total. The predicted molar refractivity (Wildman–Crippen MR) is 63.2 cm³/mol. The summed E-state index contributed by atoms with van der Waals surface area (Å²) in [6.07, 6.45) is 4.58. The van der Waals surface area contributed by atoms with Crippen LogP contribution in [-0.4, -0.2) is 11.0 Å². The van der Waals surface area contributed by atoms with E-state index >= 15 is 0 Å². The number of rotatable bonds is 5. The number of hydrogen-bond acceptors (Lipinski definition) is 4. The van der Waals surface area contributed by atoms with Crippen LogP contribution in [-0.2, 0) is 11.4 Å². The average Bonchev–Trinajstić information content (AvgIpc) is 2.81. The molecule has 1 aromatic carbocycles. The van der Waals surface area contributed by atoms with E-state index in [1.54, 1.807) is 0 Å². The lowest BCUT2D eigenvalue weighted by Crippen LogP contribution is -2.21. The Bertz CT molecular complexity index is 433. The Morgan fingerprint density at radius 2 is 2.11 bits per heavy atom. The Kier molecular flexibility index (Phi) is 4.22. The lowest BCUT2D eigenvalue weighted by molar-refractivity contribution is -0.385. The summed E-state index contributed by atoms with van der Waals surface area (Å²) in [7, 11) is 0. The number of benzene rings is 1. The molecule has 0 saturated heterocycles. The standard InChI is InChI=1S/C12H15FN2O3/c13-10-5-9(6-11(7-10)15(16)17)8-14-18-12-3-1-2-4-12/h5-7,12,14H,1-4,8H2. The SMILES string of the molecule is O=[N+]([O-])c1cc(F)cc(CNOC2CCCC2)c1. The third kappa shape index (κ3) is 3.48. The van der Waals surface area contributed by atoms with Gasteiger partial charge in [-0.3, -0.25) is 15.0 Å². The Hall–Kier alpha value is -1.53. The fourth-order valence-corrected chi connectivity index (χ4v) is 2.09. The van der Waals surface area contributed by atoms with Gasteiger partial charge < -0.3 is 0 Å². The van der Waals surface area contributed by atoms with Crippen LogP contribution in [0.1, 0.15) is 31.2 Å². The molecule has 1 saturated carbocycles. The normalized spacial score (nSPS) is 16.1. The molecule has 18 heavy (non-hydrogen) atoms. The molecule has 0 unspecified atom stereocenters. The van der Waals surface area contributed by atoms with Gasteiger partial charge in [-0.05, 0) is 24.5 Å². The van der Waals surface area contributed by atoms with Crippen LogP contribution >= 0.6 is 0 Å². The molecule has 0 aliphatic heterocycles. The van der Waals surface area contributed by atoms with Crippen molar-refractivity contribution >= 4 is 5.69 Å². The van der Waals surface area contributed by atoms with Crippen molar-refractivity contribution in [1.82, 2.24) is 5.48 Å². The van der Waals surface area contributed by atoms with E-state index in [-0.39, 0.29) is 18.3 Å². The van der Waals surface area contributed by atoms with Crippen LogP contribution in [0, 0.1) is 15.9 Å². The van der Waals surface area contributed by atoms with Crippen molar-refractivity contribution in [2.45, 2.75) is 38.3 Å². The molecule has 0 aromatic heterocycles. The highest BCUT2D eigenvalue weighted by atomic mass is 19.1. The Morgan fingerprint density at radius 3 is 2.78 bits per heavy atom. The van der Waals surface area contributed by atoms with E-state index in [9.17, 15) is 14.5 Å². The van der Waals surface area contributed by atoms with Crippen LogP contribution < -0.4 is 5.48 Å². The van der Waals surface area contributed by atoms with Crippen molar-refractivity contribution in [3.8, 4) is 0 Å². The first kappa shape index (κ1) is 12.9. The topological polar surface area (TPSA) is 64.4 Å². The molecule has 1 aromatic rings. The van der Waals surface area contributed by atoms with Crippen LogP contribution in [0.25, 0.3) is 0 Å². The molecular formula is C12H15FN2O3. The summed E-state index contributed by atoms with van der Waals surface area (Å²) in [5.41, 5.74) is 3.00. The average molecular weight is 254 g/mol. The molecule has 0 radical (unpaired) electrons. The van der Waals surface area contributed by atoms with Crippen molar-refractivity contribution < 1.29 is 14.2 Å². The third-order valence-electron chi connectivity index (χ3n) is 2.98. The van der Waals surface area contributed by atoms with Crippen molar-refractivity contribution in [3.05, 3.63) is 39.7 Å². The van der Waals surface area contributed by atoms with Crippen LogP contribution in [0.15, 0.2) is 18.2 Å². The van der Waals surface area contributed by atoms with Gasteiger partial charge in [0.25, 0.3) is 5.69 Å². The molecule has 1 aliphatic rings. The fourth-order valence-electron chi connectivity index (χ4n) is 2.09. The highest BCUT2D eigenvalue weighted by Gasteiger charge is 2.15. The summed E-state index contributed by atoms with van der Waals surface area (Å²) < 4.78 is 13.1. The summed E-state index contributed by atoms with van der Waals surface area (Å²) in [5.74, 6) is -0.609. The highest BCUT2D eigenvalue weighted by molar-refractivity contribution is 5.35. The van der Waals surface area contributed by atoms with Gasteiger partial charge in [-0.25, -0.2) is 4.39 Å². The Labute approximate surface area is 104 Å². The molecule has 0 atom stereocenters. The van der Waals surface area contributed by atoms with E-state index in [1.807, 2.05) is 0 Å². The summed E-state index contributed by atoms with van der Waals surface area (Å²) in [6.45, 7) is 0.259. The molecule has 2 rings (SSSR count). The zero-order valence-electron chi connectivity index (χ0n) is 9.89. The van der Waals surface area contributed by atoms with Crippen LogP contribution in [0.2, 0.25) is 0 Å². The van der Waals surface area contributed by atoms with Crippen molar-refractivity contribution in [2.75, 3.05) is 0 Å². The molecule has 1 N–H and O–H groups in total. The Balaban J connectivity index is 1.89. The molecule has 0 bridgehead atoms. The predicted octanol–water partition coefficient (Wildman–Crippen LogP) is 2.70. The van der Waals surface area contributed by atoms with E-state index in [2.05, 4.69) is 5.48 Å². The monoisotopic (exact) mass is 254 g/mol. The van der Waals surface area contributed by atoms with E-state index < -0.39 is 10.7 Å². The summed E-state index contributed by atoms with van der Waals surface area (Å²) >= 11 is 0. The molecule has 0 spiro atoms. The second kappa shape index (κ2) is 5.88. The van der Waals surface area contributed by atoms with Crippen molar-refractivity contribution in [1.29, 1.82) is 0 Å². The Morgan fingerprint density at radius 1 is 1.39 bits per heavy atom. The summed E-state index contributed by atoms with van der Waals surface area (Å²) in [5, 5.41) is 10.6. The zero-order valence-corrected chi connectivity index (χ0v) is 9.89. The zero-order chi connectivity index (χ0) is 13.0. The number of halogens is 1. The fraction of sp³-hybridized carbons (Fsp3) is 0.500. The van der Waals surface area contributed by atoms with Gasteiger partial charge in [0.2, 0.25) is 0 Å². The van der Waals surface area contributed by atoms with E-state index in [0.717, 1.165) is 31.7 Å². The van der Waals surface area contributed by atoms with E-state index in [1.165, 1.54) is 12.1 Å². The van der Waals surface area contributed by atoms with Crippen LogP contribution in [0.4, 0.5) is 10.1 Å². The molecule has 1 aliphatic carbocycles. The second-order valence-corrected chi connectivity index (χ2v) is 4.42. The maximum Gasteiger partial charge on any atom is 0.272 e.